The Morgan fingerprint density at radius 3 is 2.50 bits per heavy atom. The maximum Gasteiger partial charge on any atom is 0.253 e. The van der Waals surface area contributed by atoms with Gasteiger partial charge in [0.05, 0.1) is 0 Å². The van der Waals surface area contributed by atoms with Crippen molar-refractivity contribution < 1.29 is 8.78 Å². The highest BCUT2D eigenvalue weighted by Gasteiger charge is 2.39. The van der Waals surface area contributed by atoms with Crippen molar-refractivity contribution in [1.29, 1.82) is 0 Å². The van der Waals surface area contributed by atoms with Gasteiger partial charge in [-0.1, -0.05) is 6.92 Å². The molecule has 1 fully saturated rings. The summed E-state index contributed by atoms with van der Waals surface area (Å²) in [6.45, 7) is 2.65. The SMILES string of the molecule is C[C@@H]1CN(C)CCC1(F)F. The van der Waals surface area contributed by atoms with Crippen molar-refractivity contribution in [2.45, 2.75) is 19.3 Å². The van der Waals surface area contributed by atoms with E-state index >= 15 is 0 Å². The molecule has 0 bridgehead atoms. The minimum atomic E-state index is -2.42. The van der Waals surface area contributed by atoms with E-state index in [2.05, 4.69) is 0 Å². The van der Waals surface area contributed by atoms with Crippen LogP contribution in [0, 0.1) is 5.92 Å². The lowest BCUT2D eigenvalue weighted by Crippen LogP contribution is -2.43. The Kier molecular flexibility index (Phi) is 1.95. The third-order valence-electron chi connectivity index (χ3n) is 2.13. The molecule has 1 aliphatic heterocycles. The molecule has 1 saturated heterocycles. The Bertz CT molecular complexity index is 125. The fourth-order valence-electron chi connectivity index (χ4n) is 1.28. The summed E-state index contributed by atoms with van der Waals surface area (Å²) in [6, 6.07) is 0. The first-order valence-corrected chi connectivity index (χ1v) is 3.59. The molecule has 1 rings (SSSR count). The summed E-state index contributed by atoms with van der Waals surface area (Å²) in [7, 11) is 1.88. The van der Waals surface area contributed by atoms with Gasteiger partial charge in [-0.2, -0.15) is 0 Å². The number of hydrogen-bond donors (Lipinski definition) is 0. The second-order valence-corrected chi connectivity index (χ2v) is 3.17. The zero-order valence-corrected chi connectivity index (χ0v) is 6.40. The summed E-state index contributed by atoms with van der Waals surface area (Å²) in [5.41, 5.74) is 0. The molecule has 0 saturated carbocycles. The minimum Gasteiger partial charge on any atom is -0.306 e. The first-order valence-electron chi connectivity index (χ1n) is 3.59. The normalized spacial score (nSPS) is 34.2. The van der Waals surface area contributed by atoms with Crippen molar-refractivity contribution in [3.63, 3.8) is 0 Å². The van der Waals surface area contributed by atoms with Crippen LogP contribution in [0.5, 0.6) is 0 Å². The van der Waals surface area contributed by atoms with Gasteiger partial charge in [0.15, 0.2) is 0 Å². The second kappa shape index (κ2) is 2.46. The van der Waals surface area contributed by atoms with E-state index in [1.165, 1.54) is 0 Å². The lowest BCUT2D eigenvalue weighted by atomic mass is 9.96. The van der Waals surface area contributed by atoms with Crippen LogP contribution in [-0.4, -0.2) is 31.0 Å². The summed E-state index contributed by atoms with van der Waals surface area (Å²) >= 11 is 0. The summed E-state index contributed by atoms with van der Waals surface area (Å²) in [5, 5.41) is 0. The molecule has 3 heteroatoms. The van der Waals surface area contributed by atoms with Crippen molar-refractivity contribution in [2.75, 3.05) is 20.1 Å². The molecule has 0 aromatic carbocycles. The Morgan fingerprint density at radius 1 is 1.50 bits per heavy atom. The van der Waals surface area contributed by atoms with Gasteiger partial charge < -0.3 is 4.90 Å². The highest BCUT2D eigenvalue weighted by molar-refractivity contribution is 4.81. The topological polar surface area (TPSA) is 3.24 Å². The van der Waals surface area contributed by atoms with Crippen LogP contribution in [0.3, 0.4) is 0 Å². The molecule has 0 aliphatic carbocycles. The van der Waals surface area contributed by atoms with Crippen LogP contribution < -0.4 is 0 Å². The van der Waals surface area contributed by atoms with Crippen molar-refractivity contribution in [3.8, 4) is 0 Å². The highest BCUT2D eigenvalue weighted by Crippen LogP contribution is 2.32. The first kappa shape index (κ1) is 7.92. The third-order valence-corrected chi connectivity index (χ3v) is 2.13. The Morgan fingerprint density at radius 2 is 2.10 bits per heavy atom. The van der Waals surface area contributed by atoms with E-state index in [0.717, 1.165) is 0 Å². The van der Waals surface area contributed by atoms with Crippen LogP contribution in [-0.2, 0) is 0 Å². The molecule has 1 atom stereocenters. The number of rotatable bonds is 0. The van der Waals surface area contributed by atoms with Crippen LogP contribution >= 0.6 is 0 Å². The van der Waals surface area contributed by atoms with E-state index in [1.807, 2.05) is 11.9 Å². The average Bonchev–Trinajstić information content (AvgIpc) is 1.81. The van der Waals surface area contributed by atoms with Crippen LogP contribution in [0.15, 0.2) is 0 Å². The van der Waals surface area contributed by atoms with Gasteiger partial charge in [0.2, 0.25) is 0 Å². The van der Waals surface area contributed by atoms with Gasteiger partial charge in [-0.3, -0.25) is 0 Å². The van der Waals surface area contributed by atoms with Crippen molar-refractivity contribution in [1.82, 2.24) is 4.90 Å². The number of piperidine rings is 1. The molecular weight excluding hydrogens is 136 g/mol. The zero-order valence-electron chi connectivity index (χ0n) is 6.40. The van der Waals surface area contributed by atoms with Gasteiger partial charge in [0.1, 0.15) is 0 Å². The highest BCUT2D eigenvalue weighted by atomic mass is 19.3. The van der Waals surface area contributed by atoms with E-state index in [9.17, 15) is 8.78 Å². The van der Waals surface area contributed by atoms with Gasteiger partial charge in [-0.05, 0) is 7.05 Å². The molecule has 10 heavy (non-hydrogen) atoms. The quantitative estimate of drug-likeness (QED) is 0.505. The average molecular weight is 149 g/mol. The summed E-state index contributed by atoms with van der Waals surface area (Å²) in [5.74, 6) is -2.90. The van der Waals surface area contributed by atoms with E-state index < -0.39 is 11.8 Å². The van der Waals surface area contributed by atoms with Gasteiger partial charge in [-0.25, -0.2) is 8.78 Å². The lowest BCUT2D eigenvalue weighted by molar-refractivity contribution is -0.0945. The Labute approximate surface area is 60.0 Å². The maximum atomic E-state index is 12.7. The Balaban J connectivity index is 2.52. The number of hydrogen-bond acceptors (Lipinski definition) is 1. The molecule has 60 valence electrons. The largest absolute Gasteiger partial charge is 0.306 e. The molecule has 0 radical (unpaired) electrons. The molecule has 0 amide bonds. The molecular formula is C7H13F2N. The molecule has 0 N–H and O–H groups in total. The first-order chi connectivity index (χ1) is 4.52. The minimum absolute atomic E-state index is 0.0185. The standard InChI is InChI=1S/C7H13F2N/c1-6-5-10(2)4-3-7(6,8)9/h6H,3-5H2,1-2H3/t6-/m1/s1. The molecule has 1 nitrogen and oxygen atoms in total. The van der Waals surface area contributed by atoms with E-state index in [0.29, 0.717) is 13.1 Å². The molecule has 1 heterocycles. The van der Waals surface area contributed by atoms with Crippen LogP contribution in [0.2, 0.25) is 0 Å². The van der Waals surface area contributed by atoms with Crippen LogP contribution in [0.25, 0.3) is 0 Å². The summed E-state index contributed by atoms with van der Waals surface area (Å²) < 4.78 is 25.5. The summed E-state index contributed by atoms with van der Waals surface area (Å²) in [6.07, 6.45) is 0.0185. The van der Waals surface area contributed by atoms with Crippen molar-refractivity contribution >= 4 is 0 Å². The molecule has 1 aliphatic rings. The van der Waals surface area contributed by atoms with E-state index in [4.69, 9.17) is 0 Å². The van der Waals surface area contributed by atoms with Crippen molar-refractivity contribution in [3.05, 3.63) is 0 Å². The molecule has 0 aromatic rings. The lowest BCUT2D eigenvalue weighted by Gasteiger charge is -2.34. The predicted octanol–water partition coefficient (Wildman–Crippen LogP) is 1.59. The maximum absolute atomic E-state index is 12.7. The number of likely N-dealkylation sites (tertiary alicyclic amines) is 1. The zero-order chi connectivity index (χ0) is 7.78. The number of halogens is 2. The molecule has 0 unspecified atom stereocenters. The van der Waals surface area contributed by atoms with Gasteiger partial charge >= 0.3 is 0 Å². The monoisotopic (exact) mass is 149 g/mol. The van der Waals surface area contributed by atoms with Gasteiger partial charge in [-0.15, -0.1) is 0 Å². The molecule has 0 spiro atoms. The van der Waals surface area contributed by atoms with Crippen LogP contribution in [0.1, 0.15) is 13.3 Å². The van der Waals surface area contributed by atoms with Gasteiger partial charge in [0.25, 0.3) is 5.92 Å². The fourth-order valence-corrected chi connectivity index (χ4v) is 1.28. The van der Waals surface area contributed by atoms with Crippen molar-refractivity contribution in [2.24, 2.45) is 5.92 Å². The summed E-state index contributed by atoms with van der Waals surface area (Å²) in [4.78, 5) is 1.95. The van der Waals surface area contributed by atoms with E-state index in [1.54, 1.807) is 6.92 Å². The third kappa shape index (κ3) is 1.45. The Hall–Kier alpha value is -0.180. The van der Waals surface area contributed by atoms with E-state index in [-0.39, 0.29) is 6.42 Å². The predicted molar refractivity (Wildman–Crippen MR) is 36.2 cm³/mol. The van der Waals surface area contributed by atoms with Crippen LogP contribution in [0.4, 0.5) is 8.78 Å². The second-order valence-electron chi connectivity index (χ2n) is 3.17. The smallest absolute Gasteiger partial charge is 0.253 e. The number of nitrogens with zero attached hydrogens (tertiary/aromatic N) is 1. The molecule has 0 aromatic heterocycles. The van der Waals surface area contributed by atoms with Gasteiger partial charge in [0, 0.05) is 25.4 Å². The fraction of sp³-hybridized carbons (Fsp3) is 1.00. The number of alkyl halides is 2.